The minimum atomic E-state index is -1.01. The minimum Gasteiger partial charge on any atom is -0.502 e. The second-order valence-electron chi connectivity index (χ2n) is 7.63. The highest BCUT2D eigenvalue weighted by molar-refractivity contribution is 5.99. The van der Waals surface area contributed by atoms with Gasteiger partial charge in [0.2, 0.25) is 5.43 Å². The number of benzene rings is 1. The standard InChI is InChI=1S/C20H21F2N5O4/c1-25-19(31)15-17(29)16(28)13(9-27(15)26(2)20(25)5-6-23-10-20)18(30)24-8-11-3-4-12(21)7-14(11)22/h3-4,7,9,23,29H,5-6,8,10H2,1-2H3,(H,24,30). The molecule has 9 nitrogen and oxygen atoms in total. The van der Waals surface area contributed by atoms with Gasteiger partial charge in [0, 0.05) is 51.4 Å². The highest BCUT2D eigenvalue weighted by atomic mass is 19.1. The van der Waals surface area contributed by atoms with Crippen LogP contribution < -0.4 is 21.1 Å². The summed E-state index contributed by atoms with van der Waals surface area (Å²) < 4.78 is 28.2. The van der Waals surface area contributed by atoms with Crippen LogP contribution in [0, 0.1) is 11.6 Å². The van der Waals surface area contributed by atoms with E-state index in [1.165, 1.54) is 21.8 Å². The molecule has 1 atom stereocenters. The van der Waals surface area contributed by atoms with Gasteiger partial charge in [0.15, 0.2) is 11.4 Å². The summed E-state index contributed by atoms with van der Waals surface area (Å²) in [6.45, 7) is 0.835. The third kappa shape index (κ3) is 3.12. The van der Waals surface area contributed by atoms with Crippen LogP contribution in [-0.4, -0.2) is 59.3 Å². The Kier molecular flexibility index (Phi) is 4.92. The topological polar surface area (TPSA) is 107 Å². The summed E-state index contributed by atoms with van der Waals surface area (Å²) in [5, 5.41) is 17.7. The van der Waals surface area contributed by atoms with E-state index in [2.05, 4.69) is 10.6 Å². The van der Waals surface area contributed by atoms with Crippen molar-refractivity contribution in [3.05, 3.63) is 63.1 Å². The molecule has 1 spiro atoms. The molecule has 0 saturated carbocycles. The Balaban J connectivity index is 1.70. The normalized spacial score (nSPS) is 20.3. The van der Waals surface area contributed by atoms with Crippen molar-refractivity contribution in [3.63, 3.8) is 0 Å². The Hall–Kier alpha value is -3.47. The van der Waals surface area contributed by atoms with E-state index in [1.54, 1.807) is 19.1 Å². The number of halogens is 2. The number of aromatic hydroxyl groups is 1. The zero-order chi connectivity index (χ0) is 22.5. The number of hydrogen-bond donors (Lipinski definition) is 3. The average Bonchev–Trinajstić information content (AvgIpc) is 3.23. The number of carbonyl (C=O) groups excluding carboxylic acids is 2. The van der Waals surface area contributed by atoms with Gasteiger partial charge in [0.05, 0.1) is 0 Å². The SMILES string of the molecule is CN1C(=O)c2c(O)c(=O)c(C(=O)NCc3ccc(F)cc3F)cn2N(C)C12CCNC2. The van der Waals surface area contributed by atoms with Crippen molar-refractivity contribution in [2.75, 3.05) is 32.2 Å². The van der Waals surface area contributed by atoms with Gasteiger partial charge in [-0.1, -0.05) is 6.07 Å². The maximum Gasteiger partial charge on any atom is 0.278 e. The van der Waals surface area contributed by atoms with Gasteiger partial charge >= 0.3 is 0 Å². The van der Waals surface area contributed by atoms with Crippen molar-refractivity contribution in [2.24, 2.45) is 0 Å². The van der Waals surface area contributed by atoms with Crippen molar-refractivity contribution in [1.82, 2.24) is 20.2 Å². The highest BCUT2D eigenvalue weighted by Gasteiger charge is 2.50. The molecule has 4 rings (SSSR count). The molecule has 0 aliphatic carbocycles. The van der Waals surface area contributed by atoms with E-state index in [0.717, 1.165) is 6.07 Å². The molecule has 1 aromatic heterocycles. The maximum absolute atomic E-state index is 13.8. The predicted molar refractivity (Wildman–Crippen MR) is 106 cm³/mol. The quantitative estimate of drug-likeness (QED) is 0.634. The smallest absolute Gasteiger partial charge is 0.278 e. The number of carbonyl (C=O) groups is 2. The Morgan fingerprint density at radius 1 is 1.29 bits per heavy atom. The fraction of sp³-hybridized carbons (Fsp3) is 0.350. The first-order valence-corrected chi connectivity index (χ1v) is 9.61. The van der Waals surface area contributed by atoms with Crippen LogP contribution >= 0.6 is 0 Å². The van der Waals surface area contributed by atoms with Gasteiger partial charge in [0.1, 0.15) is 22.9 Å². The molecule has 164 valence electrons. The number of likely N-dealkylation sites (N-methyl/N-ethyl adjacent to an activating group) is 2. The molecule has 2 amide bonds. The van der Waals surface area contributed by atoms with Crippen LogP contribution in [-0.2, 0) is 6.54 Å². The Labute approximate surface area is 175 Å². The molecule has 0 radical (unpaired) electrons. The molecule has 2 aromatic rings. The third-order valence-electron chi connectivity index (χ3n) is 6.03. The molecule has 1 unspecified atom stereocenters. The van der Waals surface area contributed by atoms with Crippen molar-refractivity contribution >= 4 is 11.8 Å². The molecule has 3 heterocycles. The first kappa shape index (κ1) is 20.8. The van der Waals surface area contributed by atoms with Crippen LogP contribution in [0.25, 0.3) is 0 Å². The predicted octanol–water partition coefficient (Wildman–Crippen LogP) is 0.105. The molecule has 11 heteroatoms. The molecule has 2 aliphatic heterocycles. The molecule has 31 heavy (non-hydrogen) atoms. The van der Waals surface area contributed by atoms with E-state index in [-0.39, 0.29) is 17.8 Å². The number of rotatable bonds is 3. The lowest BCUT2D eigenvalue weighted by atomic mass is 10.0. The summed E-state index contributed by atoms with van der Waals surface area (Å²) in [6.07, 6.45) is 1.79. The van der Waals surface area contributed by atoms with Gasteiger partial charge in [0.25, 0.3) is 11.8 Å². The largest absolute Gasteiger partial charge is 0.502 e. The second-order valence-corrected chi connectivity index (χ2v) is 7.63. The zero-order valence-electron chi connectivity index (χ0n) is 16.9. The van der Waals surface area contributed by atoms with Gasteiger partial charge < -0.3 is 20.6 Å². The van der Waals surface area contributed by atoms with E-state index in [4.69, 9.17) is 0 Å². The minimum absolute atomic E-state index is 0.0296. The summed E-state index contributed by atoms with van der Waals surface area (Å²) in [6, 6.07) is 2.92. The number of fused-ring (bicyclic) bond motifs is 1. The van der Waals surface area contributed by atoms with Crippen LogP contribution in [0.4, 0.5) is 8.78 Å². The summed E-state index contributed by atoms with van der Waals surface area (Å²) in [7, 11) is 3.29. The zero-order valence-corrected chi connectivity index (χ0v) is 16.9. The van der Waals surface area contributed by atoms with Crippen molar-refractivity contribution in [1.29, 1.82) is 0 Å². The summed E-state index contributed by atoms with van der Waals surface area (Å²) in [4.78, 5) is 39.7. The molecule has 3 N–H and O–H groups in total. The van der Waals surface area contributed by atoms with Gasteiger partial charge in [-0.05, 0) is 12.6 Å². The first-order chi connectivity index (χ1) is 14.7. The Morgan fingerprint density at radius 2 is 2.03 bits per heavy atom. The molecule has 1 fully saturated rings. The van der Waals surface area contributed by atoms with E-state index < -0.39 is 45.9 Å². The van der Waals surface area contributed by atoms with Gasteiger partial charge in [-0.3, -0.25) is 24.1 Å². The highest BCUT2D eigenvalue weighted by Crippen LogP contribution is 2.32. The van der Waals surface area contributed by atoms with Crippen LogP contribution in [0.1, 0.15) is 32.8 Å². The maximum atomic E-state index is 13.8. The van der Waals surface area contributed by atoms with E-state index >= 15 is 0 Å². The molecular formula is C20H21F2N5O4. The van der Waals surface area contributed by atoms with E-state index in [9.17, 15) is 28.3 Å². The molecule has 1 aromatic carbocycles. The Morgan fingerprint density at radius 3 is 2.68 bits per heavy atom. The van der Waals surface area contributed by atoms with E-state index in [1.807, 2.05) is 0 Å². The summed E-state index contributed by atoms with van der Waals surface area (Å²) in [5.74, 6) is -3.84. The number of aromatic nitrogens is 1. The van der Waals surface area contributed by atoms with Gasteiger partial charge in [-0.15, -0.1) is 0 Å². The monoisotopic (exact) mass is 433 g/mol. The molecule has 1 saturated heterocycles. The molecular weight excluding hydrogens is 412 g/mol. The lowest BCUT2D eigenvalue weighted by Crippen LogP contribution is -2.69. The van der Waals surface area contributed by atoms with E-state index in [0.29, 0.717) is 25.6 Å². The van der Waals surface area contributed by atoms with Gasteiger partial charge in [-0.2, -0.15) is 0 Å². The molecule has 2 aliphatic rings. The lowest BCUT2D eigenvalue weighted by Gasteiger charge is -2.50. The third-order valence-corrected chi connectivity index (χ3v) is 6.03. The molecule has 0 bridgehead atoms. The number of nitrogens with zero attached hydrogens (tertiary/aromatic N) is 3. The lowest BCUT2D eigenvalue weighted by molar-refractivity contribution is 0.0442. The van der Waals surface area contributed by atoms with Gasteiger partial charge in [-0.25, -0.2) is 8.78 Å². The van der Waals surface area contributed by atoms with Crippen LogP contribution in [0.15, 0.2) is 29.2 Å². The fourth-order valence-corrected chi connectivity index (χ4v) is 4.12. The van der Waals surface area contributed by atoms with Crippen LogP contribution in [0.5, 0.6) is 5.75 Å². The summed E-state index contributed by atoms with van der Waals surface area (Å²) in [5.41, 5.74) is -2.36. The number of amides is 2. The Bertz CT molecular complexity index is 1140. The second kappa shape index (κ2) is 7.34. The average molecular weight is 433 g/mol. The van der Waals surface area contributed by atoms with Crippen LogP contribution in [0.3, 0.4) is 0 Å². The number of hydrogen-bond acceptors (Lipinski definition) is 6. The van der Waals surface area contributed by atoms with Crippen molar-refractivity contribution in [2.45, 2.75) is 18.6 Å². The first-order valence-electron chi connectivity index (χ1n) is 9.61. The van der Waals surface area contributed by atoms with Crippen LogP contribution in [0.2, 0.25) is 0 Å². The number of pyridine rings is 1. The van der Waals surface area contributed by atoms with Crippen molar-refractivity contribution in [3.8, 4) is 5.75 Å². The number of nitrogens with one attached hydrogen (secondary N) is 2. The summed E-state index contributed by atoms with van der Waals surface area (Å²) >= 11 is 0. The van der Waals surface area contributed by atoms with Crippen molar-refractivity contribution < 1.29 is 23.5 Å². The fourth-order valence-electron chi connectivity index (χ4n) is 4.12.